The van der Waals surface area contributed by atoms with E-state index in [1.54, 1.807) is 0 Å². The van der Waals surface area contributed by atoms with Gasteiger partial charge < -0.3 is 10.2 Å². The molecule has 1 aromatic heterocycles. The van der Waals surface area contributed by atoms with Crippen LogP contribution in [0, 0.1) is 17.8 Å². The van der Waals surface area contributed by atoms with Crippen molar-refractivity contribution in [3.8, 4) is 0 Å². The molecule has 0 bridgehead atoms. The van der Waals surface area contributed by atoms with Crippen LogP contribution in [0.15, 0.2) is 28.7 Å². The van der Waals surface area contributed by atoms with Gasteiger partial charge in [0.25, 0.3) is 0 Å². The Morgan fingerprint density at radius 3 is 2.63 bits per heavy atom. The van der Waals surface area contributed by atoms with Crippen molar-refractivity contribution >= 4 is 22.6 Å². The van der Waals surface area contributed by atoms with E-state index in [0.717, 1.165) is 33.6 Å². The maximum atomic E-state index is 6.44. The Bertz CT molecular complexity index is 608. The number of rotatable bonds is 2. The van der Waals surface area contributed by atoms with Gasteiger partial charge in [-0.05, 0) is 54.9 Å². The van der Waals surface area contributed by atoms with Crippen molar-refractivity contribution in [1.82, 2.24) is 0 Å². The standard InChI is InChI=1S/C16H18ClNO/c17-10-5-6-13-9(7-10)8-14(19-13)16(18)15-11-3-1-2-4-12(11)15/h5-8,11-12,15-16H,1-4,18H2. The third kappa shape index (κ3) is 1.89. The normalized spacial score (nSPS) is 31.2. The van der Waals surface area contributed by atoms with Gasteiger partial charge in [0, 0.05) is 10.4 Å². The average Bonchev–Trinajstić information content (AvgIpc) is 2.99. The third-order valence-electron chi connectivity index (χ3n) is 4.96. The predicted molar refractivity (Wildman–Crippen MR) is 77.1 cm³/mol. The summed E-state index contributed by atoms with van der Waals surface area (Å²) < 4.78 is 5.91. The van der Waals surface area contributed by atoms with Crippen LogP contribution in [0.1, 0.15) is 37.5 Å². The Kier molecular flexibility index (Phi) is 2.64. The number of halogens is 1. The Morgan fingerprint density at radius 2 is 1.89 bits per heavy atom. The summed E-state index contributed by atoms with van der Waals surface area (Å²) in [5.74, 6) is 3.26. The van der Waals surface area contributed by atoms with Crippen LogP contribution >= 0.6 is 11.6 Å². The largest absolute Gasteiger partial charge is 0.459 e. The highest BCUT2D eigenvalue weighted by molar-refractivity contribution is 6.31. The van der Waals surface area contributed by atoms with E-state index in [1.807, 2.05) is 18.2 Å². The number of hydrogen-bond donors (Lipinski definition) is 1. The van der Waals surface area contributed by atoms with Gasteiger partial charge in [0.1, 0.15) is 11.3 Å². The van der Waals surface area contributed by atoms with Gasteiger partial charge in [-0.15, -0.1) is 0 Å². The van der Waals surface area contributed by atoms with Gasteiger partial charge in [-0.2, -0.15) is 0 Å². The molecule has 2 N–H and O–H groups in total. The molecule has 1 heterocycles. The molecule has 0 saturated heterocycles. The van der Waals surface area contributed by atoms with Crippen molar-refractivity contribution < 1.29 is 4.42 Å². The lowest BCUT2D eigenvalue weighted by Gasteiger charge is -2.07. The first-order valence-corrected chi connectivity index (χ1v) is 7.56. The molecule has 4 rings (SSSR count). The zero-order valence-corrected chi connectivity index (χ0v) is 11.6. The molecule has 3 unspecified atom stereocenters. The summed E-state index contributed by atoms with van der Waals surface area (Å²) >= 11 is 6.01. The first kappa shape index (κ1) is 11.8. The number of hydrogen-bond acceptors (Lipinski definition) is 2. The van der Waals surface area contributed by atoms with E-state index in [4.69, 9.17) is 21.8 Å². The molecule has 2 aliphatic carbocycles. The predicted octanol–water partition coefficient (Wildman–Crippen LogP) is 4.52. The minimum absolute atomic E-state index is 0.0549. The van der Waals surface area contributed by atoms with Crippen molar-refractivity contribution in [3.63, 3.8) is 0 Å². The lowest BCUT2D eigenvalue weighted by atomic mass is 10.0. The van der Waals surface area contributed by atoms with Crippen LogP contribution in [0.25, 0.3) is 11.0 Å². The minimum atomic E-state index is 0.0549. The fourth-order valence-electron chi connectivity index (χ4n) is 3.97. The molecule has 0 aliphatic heterocycles. The molecule has 2 fully saturated rings. The van der Waals surface area contributed by atoms with Crippen LogP contribution in [0.3, 0.4) is 0 Å². The smallest absolute Gasteiger partial charge is 0.134 e. The molecular weight excluding hydrogens is 258 g/mol. The van der Waals surface area contributed by atoms with E-state index < -0.39 is 0 Å². The molecule has 3 atom stereocenters. The van der Waals surface area contributed by atoms with E-state index in [0.29, 0.717) is 5.92 Å². The Morgan fingerprint density at radius 1 is 1.16 bits per heavy atom. The molecule has 0 radical (unpaired) electrons. The minimum Gasteiger partial charge on any atom is -0.459 e. The Balaban J connectivity index is 1.63. The highest BCUT2D eigenvalue weighted by Gasteiger charge is 2.54. The highest BCUT2D eigenvalue weighted by Crippen LogP contribution is 2.59. The lowest BCUT2D eigenvalue weighted by Crippen LogP contribution is -2.13. The van der Waals surface area contributed by atoms with Gasteiger partial charge >= 0.3 is 0 Å². The summed E-state index contributed by atoms with van der Waals surface area (Å²) in [4.78, 5) is 0. The summed E-state index contributed by atoms with van der Waals surface area (Å²) in [5, 5.41) is 1.80. The molecule has 2 nitrogen and oxygen atoms in total. The van der Waals surface area contributed by atoms with Crippen molar-refractivity contribution in [2.45, 2.75) is 31.7 Å². The van der Waals surface area contributed by atoms with Crippen LogP contribution in [0.4, 0.5) is 0 Å². The monoisotopic (exact) mass is 275 g/mol. The summed E-state index contributed by atoms with van der Waals surface area (Å²) in [6, 6.07) is 7.85. The van der Waals surface area contributed by atoms with Crippen molar-refractivity contribution in [2.75, 3.05) is 0 Å². The molecule has 2 aliphatic rings. The number of nitrogens with two attached hydrogens (primary N) is 1. The van der Waals surface area contributed by atoms with Crippen LogP contribution in [0.5, 0.6) is 0 Å². The highest BCUT2D eigenvalue weighted by atomic mass is 35.5. The maximum Gasteiger partial charge on any atom is 0.134 e. The van der Waals surface area contributed by atoms with E-state index in [1.165, 1.54) is 25.7 Å². The first-order chi connectivity index (χ1) is 9.24. The zero-order valence-electron chi connectivity index (χ0n) is 10.8. The number of fused-ring (bicyclic) bond motifs is 2. The fraction of sp³-hybridized carbons (Fsp3) is 0.500. The second-order valence-electron chi connectivity index (χ2n) is 6.05. The van der Waals surface area contributed by atoms with E-state index in [9.17, 15) is 0 Å². The van der Waals surface area contributed by atoms with Crippen molar-refractivity contribution in [2.24, 2.45) is 23.5 Å². The zero-order chi connectivity index (χ0) is 13.0. The third-order valence-corrected chi connectivity index (χ3v) is 5.20. The first-order valence-electron chi connectivity index (χ1n) is 7.18. The molecule has 1 aromatic carbocycles. The molecule has 100 valence electrons. The molecule has 0 spiro atoms. The van der Waals surface area contributed by atoms with Crippen molar-refractivity contribution in [3.05, 3.63) is 35.0 Å². The van der Waals surface area contributed by atoms with Gasteiger partial charge in [-0.25, -0.2) is 0 Å². The van der Waals surface area contributed by atoms with E-state index in [2.05, 4.69) is 6.07 Å². The van der Waals surface area contributed by atoms with Crippen LogP contribution in [-0.4, -0.2) is 0 Å². The SMILES string of the molecule is NC(c1cc2cc(Cl)ccc2o1)C1C2CCCCC21. The van der Waals surface area contributed by atoms with Gasteiger partial charge in [-0.1, -0.05) is 24.4 Å². The number of benzene rings is 1. The lowest BCUT2D eigenvalue weighted by molar-refractivity contribution is 0.443. The average molecular weight is 276 g/mol. The molecule has 3 heteroatoms. The van der Waals surface area contributed by atoms with Gasteiger partial charge in [0.2, 0.25) is 0 Å². The van der Waals surface area contributed by atoms with Gasteiger partial charge in [-0.3, -0.25) is 0 Å². The quantitative estimate of drug-likeness (QED) is 0.875. The Hall–Kier alpha value is -0.990. The van der Waals surface area contributed by atoms with Crippen LogP contribution in [-0.2, 0) is 0 Å². The maximum absolute atomic E-state index is 6.44. The summed E-state index contributed by atoms with van der Waals surface area (Å²) in [6.45, 7) is 0. The van der Waals surface area contributed by atoms with E-state index in [-0.39, 0.29) is 6.04 Å². The number of furan rings is 1. The fourth-order valence-corrected chi connectivity index (χ4v) is 4.15. The second kappa shape index (κ2) is 4.26. The molecular formula is C16H18ClNO. The van der Waals surface area contributed by atoms with Gasteiger partial charge in [0.15, 0.2) is 0 Å². The Labute approximate surface area is 117 Å². The van der Waals surface area contributed by atoms with Crippen LogP contribution < -0.4 is 5.73 Å². The molecule has 2 saturated carbocycles. The van der Waals surface area contributed by atoms with Crippen LogP contribution in [0.2, 0.25) is 5.02 Å². The topological polar surface area (TPSA) is 39.2 Å². The second-order valence-corrected chi connectivity index (χ2v) is 6.48. The van der Waals surface area contributed by atoms with Gasteiger partial charge in [0.05, 0.1) is 6.04 Å². The molecule has 0 amide bonds. The summed E-state index contributed by atoms with van der Waals surface area (Å²) in [6.07, 6.45) is 5.46. The molecule has 2 aromatic rings. The molecule has 19 heavy (non-hydrogen) atoms. The van der Waals surface area contributed by atoms with Crippen molar-refractivity contribution in [1.29, 1.82) is 0 Å². The summed E-state index contributed by atoms with van der Waals surface area (Å²) in [5.41, 5.74) is 7.32. The van der Waals surface area contributed by atoms with E-state index >= 15 is 0 Å². The summed E-state index contributed by atoms with van der Waals surface area (Å²) in [7, 11) is 0.